The standard InChI is InChI=1S/C7H17BrN2O2S/c1-4-7(8)5-6-9-13(11,12)10(2)3/h7,9H,4-6H2,1-3H3. The second-order valence-electron chi connectivity index (χ2n) is 2.98. The van der Waals surface area contributed by atoms with Gasteiger partial charge >= 0.3 is 0 Å². The molecule has 80 valence electrons. The van der Waals surface area contributed by atoms with Gasteiger partial charge in [-0.3, -0.25) is 0 Å². The number of nitrogens with one attached hydrogen (secondary N) is 1. The van der Waals surface area contributed by atoms with Crippen LogP contribution in [0.4, 0.5) is 0 Å². The minimum atomic E-state index is -3.24. The highest BCUT2D eigenvalue weighted by Crippen LogP contribution is 2.07. The van der Waals surface area contributed by atoms with Crippen molar-refractivity contribution < 1.29 is 8.42 Å². The third-order valence-electron chi connectivity index (χ3n) is 1.67. The first-order chi connectivity index (χ1) is 5.90. The predicted molar refractivity (Wildman–Crippen MR) is 58.2 cm³/mol. The van der Waals surface area contributed by atoms with E-state index < -0.39 is 10.2 Å². The molecule has 0 fully saturated rings. The largest absolute Gasteiger partial charge is 0.278 e. The van der Waals surface area contributed by atoms with Gasteiger partial charge in [-0.15, -0.1) is 0 Å². The van der Waals surface area contributed by atoms with Gasteiger partial charge < -0.3 is 0 Å². The lowest BCUT2D eigenvalue weighted by atomic mass is 10.2. The van der Waals surface area contributed by atoms with E-state index in [9.17, 15) is 8.42 Å². The van der Waals surface area contributed by atoms with Crippen LogP contribution in [0, 0.1) is 0 Å². The van der Waals surface area contributed by atoms with E-state index in [-0.39, 0.29) is 0 Å². The summed E-state index contributed by atoms with van der Waals surface area (Å²) in [5, 5.41) is 0. The molecule has 0 bridgehead atoms. The zero-order valence-corrected chi connectivity index (χ0v) is 10.7. The first-order valence-corrected chi connectivity index (χ1v) is 6.57. The summed E-state index contributed by atoms with van der Waals surface area (Å²) in [4.78, 5) is 0.386. The Morgan fingerprint density at radius 1 is 1.46 bits per heavy atom. The molecular weight excluding hydrogens is 256 g/mol. The third kappa shape index (κ3) is 5.61. The topological polar surface area (TPSA) is 49.4 Å². The first-order valence-electron chi connectivity index (χ1n) is 4.21. The summed E-state index contributed by atoms with van der Waals surface area (Å²) in [6.45, 7) is 2.53. The molecule has 0 aromatic rings. The van der Waals surface area contributed by atoms with E-state index >= 15 is 0 Å². The highest BCUT2D eigenvalue weighted by Gasteiger charge is 2.12. The molecular formula is C7H17BrN2O2S. The molecule has 0 amide bonds. The molecule has 1 atom stereocenters. The number of halogens is 1. The number of hydrogen-bond acceptors (Lipinski definition) is 2. The van der Waals surface area contributed by atoms with Gasteiger partial charge in [0.15, 0.2) is 0 Å². The van der Waals surface area contributed by atoms with Crippen molar-refractivity contribution in [2.75, 3.05) is 20.6 Å². The van der Waals surface area contributed by atoms with Crippen LogP contribution in [0.5, 0.6) is 0 Å². The van der Waals surface area contributed by atoms with Gasteiger partial charge in [0, 0.05) is 25.5 Å². The molecule has 0 aliphatic rings. The zero-order valence-electron chi connectivity index (χ0n) is 8.25. The van der Waals surface area contributed by atoms with Gasteiger partial charge in [0.1, 0.15) is 0 Å². The number of nitrogens with zero attached hydrogens (tertiary/aromatic N) is 1. The van der Waals surface area contributed by atoms with Crippen molar-refractivity contribution in [2.45, 2.75) is 24.6 Å². The normalized spacial score (nSPS) is 14.8. The van der Waals surface area contributed by atoms with E-state index in [2.05, 4.69) is 27.6 Å². The van der Waals surface area contributed by atoms with Crippen molar-refractivity contribution in [3.63, 3.8) is 0 Å². The van der Waals surface area contributed by atoms with Crippen LogP contribution in [-0.2, 0) is 10.2 Å². The molecule has 13 heavy (non-hydrogen) atoms. The van der Waals surface area contributed by atoms with Crippen molar-refractivity contribution in [3.05, 3.63) is 0 Å². The molecule has 0 rings (SSSR count). The smallest absolute Gasteiger partial charge is 0.202 e. The summed E-state index contributed by atoms with van der Waals surface area (Å²) in [5.41, 5.74) is 0. The van der Waals surface area contributed by atoms with E-state index in [4.69, 9.17) is 0 Å². The summed E-state index contributed by atoms with van der Waals surface area (Å²) in [6.07, 6.45) is 1.81. The van der Waals surface area contributed by atoms with Crippen molar-refractivity contribution in [2.24, 2.45) is 0 Å². The van der Waals surface area contributed by atoms with Crippen LogP contribution >= 0.6 is 15.9 Å². The fraction of sp³-hybridized carbons (Fsp3) is 1.00. The number of rotatable bonds is 6. The van der Waals surface area contributed by atoms with Crippen LogP contribution in [0.3, 0.4) is 0 Å². The van der Waals surface area contributed by atoms with Crippen LogP contribution in [0.25, 0.3) is 0 Å². The monoisotopic (exact) mass is 272 g/mol. The second-order valence-corrected chi connectivity index (χ2v) is 6.24. The quantitative estimate of drug-likeness (QED) is 0.732. The van der Waals surface area contributed by atoms with Crippen molar-refractivity contribution in [1.29, 1.82) is 0 Å². The summed E-state index contributed by atoms with van der Waals surface area (Å²) in [5.74, 6) is 0. The maximum Gasteiger partial charge on any atom is 0.278 e. The molecule has 0 heterocycles. The highest BCUT2D eigenvalue weighted by atomic mass is 79.9. The van der Waals surface area contributed by atoms with Crippen LogP contribution in [-0.4, -0.2) is 38.2 Å². The molecule has 0 spiro atoms. The molecule has 0 aliphatic heterocycles. The Kier molecular flexibility index (Phi) is 6.11. The van der Waals surface area contributed by atoms with E-state index in [0.717, 1.165) is 12.8 Å². The van der Waals surface area contributed by atoms with Crippen molar-refractivity contribution >= 4 is 26.1 Å². The van der Waals surface area contributed by atoms with E-state index in [0.29, 0.717) is 11.4 Å². The number of alkyl halides is 1. The minimum Gasteiger partial charge on any atom is -0.202 e. The highest BCUT2D eigenvalue weighted by molar-refractivity contribution is 9.09. The van der Waals surface area contributed by atoms with Crippen LogP contribution in [0.2, 0.25) is 0 Å². The fourth-order valence-electron chi connectivity index (χ4n) is 0.678. The molecule has 1 unspecified atom stereocenters. The van der Waals surface area contributed by atoms with Gasteiger partial charge in [-0.05, 0) is 12.8 Å². The third-order valence-corrected chi connectivity index (χ3v) is 4.30. The Balaban J connectivity index is 3.78. The Morgan fingerprint density at radius 2 is 2.00 bits per heavy atom. The van der Waals surface area contributed by atoms with E-state index in [1.54, 1.807) is 0 Å². The lowest BCUT2D eigenvalue weighted by Gasteiger charge is -2.13. The molecule has 0 aliphatic carbocycles. The molecule has 1 N–H and O–H groups in total. The summed E-state index contributed by atoms with van der Waals surface area (Å²) in [7, 11) is -0.224. The summed E-state index contributed by atoms with van der Waals surface area (Å²) < 4.78 is 26.1. The fourth-order valence-corrected chi connectivity index (χ4v) is 1.54. The maximum absolute atomic E-state index is 11.2. The number of hydrogen-bond donors (Lipinski definition) is 1. The van der Waals surface area contributed by atoms with Gasteiger partial charge in [0.05, 0.1) is 0 Å². The molecule has 4 nitrogen and oxygen atoms in total. The van der Waals surface area contributed by atoms with Crippen molar-refractivity contribution in [1.82, 2.24) is 9.03 Å². The second kappa shape index (κ2) is 5.95. The van der Waals surface area contributed by atoms with Crippen LogP contribution in [0.15, 0.2) is 0 Å². The average Bonchev–Trinajstić information content (AvgIpc) is 2.03. The van der Waals surface area contributed by atoms with Gasteiger partial charge in [-0.2, -0.15) is 12.7 Å². The molecule has 6 heteroatoms. The Labute approximate surface area is 89.0 Å². The summed E-state index contributed by atoms with van der Waals surface area (Å²) >= 11 is 3.43. The lowest BCUT2D eigenvalue weighted by Crippen LogP contribution is -2.36. The predicted octanol–water partition coefficient (Wildman–Crippen LogP) is 0.946. The van der Waals surface area contributed by atoms with Gasteiger partial charge in [-0.25, -0.2) is 4.72 Å². The SMILES string of the molecule is CCC(Br)CCNS(=O)(=O)N(C)C. The minimum absolute atomic E-state index is 0.386. The molecule has 0 aromatic carbocycles. The molecule has 0 aromatic heterocycles. The molecule has 0 saturated carbocycles. The Morgan fingerprint density at radius 3 is 2.38 bits per heavy atom. The maximum atomic E-state index is 11.2. The Bertz CT molecular complexity index is 229. The molecule has 0 radical (unpaired) electrons. The first kappa shape index (κ1) is 13.4. The molecule has 0 saturated heterocycles. The van der Waals surface area contributed by atoms with Crippen LogP contribution < -0.4 is 4.72 Å². The van der Waals surface area contributed by atoms with Gasteiger partial charge in [0.25, 0.3) is 10.2 Å². The summed E-state index contributed by atoms with van der Waals surface area (Å²) in [6, 6.07) is 0. The van der Waals surface area contributed by atoms with Gasteiger partial charge in [-0.1, -0.05) is 22.9 Å². The van der Waals surface area contributed by atoms with Crippen LogP contribution in [0.1, 0.15) is 19.8 Å². The Hall–Kier alpha value is 0.350. The van der Waals surface area contributed by atoms with E-state index in [1.807, 2.05) is 0 Å². The van der Waals surface area contributed by atoms with E-state index in [1.165, 1.54) is 18.4 Å². The average molecular weight is 273 g/mol. The van der Waals surface area contributed by atoms with Gasteiger partial charge in [0.2, 0.25) is 0 Å². The zero-order chi connectivity index (χ0) is 10.5. The van der Waals surface area contributed by atoms with Crippen molar-refractivity contribution in [3.8, 4) is 0 Å². The lowest BCUT2D eigenvalue weighted by molar-refractivity contribution is 0.503.